The van der Waals surface area contributed by atoms with E-state index in [1.54, 1.807) is 18.0 Å². The molecule has 1 atom stereocenters. The third-order valence-corrected chi connectivity index (χ3v) is 7.29. The molecule has 0 amide bonds. The minimum absolute atomic E-state index is 0.0616. The van der Waals surface area contributed by atoms with E-state index in [-0.39, 0.29) is 13.1 Å². The van der Waals surface area contributed by atoms with Crippen LogP contribution in [0.15, 0.2) is 30.5 Å². The van der Waals surface area contributed by atoms with Crippen molar-refractivity contribution in [1.29, 1.82) is 0 Å². The Kier molecular flexibility index (Phi) is 9.96. The standard InChI is InChI=1S/C27H35BClN5O5/c1-5-38-16-14-34-22-10-9-21(28(37-4)39-24(36)18-32(3)13-15-35)25(29)26(22)31-27(34)20-8-11-23(30-17-20)33-12-6-7-19(33)2/h8-11,15,17,19H,5-7,12-14,16,18H2,1-4H3. The van der Waals surface area contributed by atoms with Gasteiger partial charge in [-0.25, -0.2) is 9.97 Å². The zero-order chi connectivity index (χ0) is 27.9. The number of imidazole rings is 1. The zero-order valence-corrected chi connectivity index (χ0v) is 23.7. The van der Waals surface area contributed by atoms with Gasteiger partial charge in [-0.3, -0.25) is 9.69 Å². The topological polar surface area (TPSA) is 99.0 Å². The van der Waals surface area contributed by atoms with Crippen LogP contribution in [0.3, 0.4) is 0 Å². The van der Waals surface area contributed by atoms with Gasteiger partial charge in [-0.15, -0.1) is 0 Å². The second-order valence-electron chi connectivity index (χ2n) is 9.63. The van der Waals surface area contributed by atoms with Gasteiger partial charge < -0.3 is 28.3 Å². The lowest BCUT2D eigenvalue weighted by Crippen LogP contribution is -2.41. The Bertz CT molecular complexity index is 1290. The molecule has 1 fully saturated rings. The molecule has 10 nitrogen and oxygen atoms in total. The number of pyridine rings is 1. The van der Waals surface area contributed by atoms with E-state index >= 15 is 0 Å². The first-order valence-corrected chi connectivity index (χ1v) is 13.6. The summed E-state index contributed by atoms with van der Waals surface area (Å²) in [7, 11) is 2.06. The van der Waals surface area contributed by atoms with Gasteiger partial charge in [0.15, 0.2) is 0 Å². The highest BCUT2D eigenvalue weighted by Crippen LogP contribution is 2.30. The van der Waals surface area contributed by atoms with Crippen LogP contribution in [-0.2, 0) is 30.2 Å². The average Bonchev–Trinajstić information content (AvgIpc) is 3.52. The summed E-state index contributed by atoms with van der Waals surface area (Å²) in [6.07, 6.45) is 4.92. The molecule has 208 valence electrons. The molecule has 0 spiro atoms. The summed E-state index contributed by atoms with van der Waals surface area (Å²) in [5, 5.41) is 0.334. The summed E-state index contributed by atoms with van der Waals surface area (Å²) in [5.41, 5.74) is 2.73. The van der Waals surface area contributed by atoms with Gasteiger partial charge >= 0.3 is 13.1 Å². The van der Waals surface area contributed by atoms with Crippen LogP contribution in [0.1, 0.15) is 26.7 Å². The number of ether oxygens (including phenoxy) is 1. The van der Waals surface area contributed by atoms with Crippen molar-refractivity contribution in [2.45, 2.75) is 39.3 Å². The fourth-order valence-electron chi connectivity index (χ4n) is 4.87. The highest BCUT2D eigenvalue weighted by atomic mass is 35.5. The molecule has 3 heterocycles. The molecular weight excluding hydrogens is 521 g/mol. The third-order valence-electron chi connectivity index (χ3n) is 6.90. The van der Waals surface area contributed by atoms with Crippen LogP contribution in [0.25, 0.3) is 22.4 Å². The summed E-state index contributed by atoms with van der Waals surface area (Å²) >= 11 is 6.86. The molecule has 12 heteroatoms. The van der Waals surface area contributed by atoms with Crippen LogP contribution in [0.4, 0.5) is 5.82 Å². The highest BCUT2D eigenvalue weighted by Gasteiger charge is 2.30. The molecule has 2 aromatic heterocycles. The SMILES string of the molecule is CCOCCn1c(-c2ccc(N3CCCC3C)nc2)nc2c(Cl)c(B(OC)OC(=O)CN(C)CC=O)ccc21. The van der Waals surface area contributed by atoms with Gasteiger partial charge in [0.2, 0.25) is 0 Å². The Hall–Kier alpha value is -2.99. The quantitative estimate of drug-likeness (QED) is 0.179. The minimum atomic E-state index is -1.03. The molecule has 0 saturated carbocycles. The third kappa shape index (κ3) is 6.61. The zero-order valence-electron chi connectivity index (χ0n) is 22.9. The van der Waals surface area contributed by atoms with Crippen molar-refractivity contribution in [1.82, 2.24) is 19.4 Å². The number of likely N-dealkylation sites (N-methyl/N-ethyl adjacent to an activating group) is 1. The van der Waals surface area contributed by atoms with Crippen molar-refractivity contribution in [2.24, 2.45) is 0 Å². The number of carbonyl (C=O) groups excluding carboxylic acids is 2. The van der Waals surface area contributed by atoms with Gasteiger partial charge in [-0.05, 0) is 51.9 Å². The van der Waals surface area contributed by atoms with Crippen LogP contribution in [0, 0.1) is 0 Å². The molecule has 1 aliphatic rings. The normalized spacial score (nSPS) is 15.3. The number of anilines is 1. The van der Waals surface area contributed by atoms with Crippen LogP contribution in [0.2, 0.25) is 5.02 Å². The minimum Gasteiger partial charge on any atom is -0.505 e. The van der Waals surface area contributed by atoms with Crippen molar-refractivity contribution < 1.29 is 23.6 Å². The Morgan fingerprint density at radius 1 is 1.31 bits per heavy atom. The predicted octanol–water partition coefficient (Wildman–Crippen LogP) is 2.79. The van der Waals surface area contributed by atoms with E-state index in [9.17, 15) is 9.59 Å². The fraction of sp³-hybridized carbons (Fsp3) is 0.481. The van der Waals surface area contributed by atoms with E-state index in [1.165, 1.54) is 20.0 Å². The summed E-state index contributed by atoms with van der Waals surface area (Å²) in [4.78, 5) is 36.7. The number of carbonyl (C=O) groups is 2. The first-order valence-electron chi connectivity index (χ1n) is 13.2. The number of nitrogens with zero attached hydrogens (tertiary/aromatic N) is 5. The van der Waals surface area contributed by atoms with Gasteiger partial charge in [-0.2, -0.15) is 0 Å². The van der Waals surface area contributed by atoms with Crippen LogP contribution in [-0.4, -0.2) is 91.9 Å². The van der Waals surface area contributed by atoms with Gasteiger partial charge in [0, 0.05) is 50.1 Å². The maximum absolute atomic E-state index is 12.4. The Balaban J connectivity index is 1.67. The second kappa shape index (κ2) is 13.4. The lowest BCUT2D eigenvalue weighted by atomic mass is 9.78. The van der Waals surface area contributed by atoms with Gasteiger partial charge in [-0.1, -0.05) is 17.7 Å². The number of fused-ring (bicyclic) bond motifs is 1. The van der Waals surface area contributed by atoms with E-state index in [0.29, 0.717) is 41.8 Å². The van der Waals surface area contributed by atoms with E-state index in [0.717, 1.165) is 35.6 Å². The summed E-state index contributed by atoms with van der Waals surface area (Å²) in [6, 6.07) is 8.23. The van der Waals surface area contributed by atoms with Crippen LogP contribution >= 0.6 is 11.6 Å². The molecule has 1 aromatic carbocycles. The van der Waals surface area contributed by atoms with Gasteiger partial charge in [0.1, 0.15) is 23.4 Å². The highest BCUT2D eigenvalue weighted by molar-refractivity contribution is 6.67. The molecule has 1 aliphatic heterocycles. The van der Waals surface area contributed by atoms with Gasteiger partial charge in [0.25, 0.3) is 0 Å². The van der Waals surface area contributed by atoms with Crippen molar-refractivity contribution in [3.8, 4) is 11.4 Å². The number of aromatic nitrogens is 3. The molecule has 0 radical (unpaired) electrons. The fourth-order valence-corrected chi connectivity index (χ4v) is 5.16. The molecule has 39 heavy (non-hydrogen) atoms. The molecule has 0 aliphatic carbocycles. The number of aldehydes is 1. The summed E-state index contributed by atoms with van der Waals surface area (Å²) in [5.74, 6) is 1.15. The monoisotopic (exact) mass is 555 g/mol. The van der Waals surface area contributed by atoms with Crippen molar-refractivity contribution in [3.05, 3.63) is 35.5 Å². The summed E-state index contributed by atoms with van der Waals surface area (Å²) in [6.45, 7) is 6.95. The second-order valence-corrected chi connectivity index (χ2v) is 10.0. The molecular formula is C27H35BClN5O5. The van der Waals surface area contributed by atoms with Crippen LogP contribution in [0.5, 0.6) is 0 Å². The van der Waals surface area contributed by atoms with Crippen LogP contribution < -0.4 is 10.4 Å². The number of hydrogen-bond acceptors (Lipinski definition) is 9. The molecule has 3 aromatic rings. The maximum atomic E-state index is 12.4. The average molecular weight is 556 g/mol. The largest absolute Gasteiger partial charge is 0.566 e. The van der Waals surface area contributed by atoms with E-state index in [2.05, 4.69) is 16.4 Å². The summed E-state index contributed by atoms with van der Waals surface area (Å²) < 4.78 is 18.7. The van der Waals surface area contributed by atoms with E-state index in [1.807, 2.05) is 31.3 Å². The molecule has 4 rings (SSSR count). The maximum Gasteiger partial charge on any atom is 0.566 e. The molecule has 1 saturated heterocycles. The molecule has 0 bridgehead atoms. The lowest BCUT2D eigenvalue weighted by molar-refractivity contribution is -0.136. The molecule has 1 unspecified atom stereocenters. The van der Waals surface area contributed by atoms with E-state index in [4.69, 9.17) is 35.6 Å². The van der Waals surface area contributed by atoms with Crippen molar-refractivity contribution >= 4 is 53.3 Å². The Labute approximate surface area is 234 Å². The first-order chi connectivity index (χ1) is 18.9. The number of rotatable bonds is 13. The Morgan fingerprint density at radius 2 is 2.13 bits per heavy atom. The molecule has 0 N–H and O–H groups in total. The number of halogens is 1. The lowest BCUT2D eigenvalue weighted by Gasteiger charge is -2.22. The van der Waals surface area contributed by atoms with Crippen molar-refractivity contribution in [3.63, 3.8) is 0 Å². The first kappa shape index (κ1) is 29.0. The van der Waals surface area contributed by atoms with E-state index < -0.39 is 13.1 Å². The van der Waals surface area contributed by atoms with Gasteiger partial charge in [0.05, 0.1) is 30.2 Å². The smallest absolute Gasteiger partial charge is 0.505 e. The van der Waals surface area contributed by atoms with Crippen molar-refractivity contribution in [2.75, 3.05) is 51.9 Å². The predicted molar refractivity (Wildman–Crippen MR) is 153 cm³/mol. The number of benzene rings is 1. The Morgan fingerprint density at radius 3 is 2.77 bits per heavy atom. The number of hydrogen-bond donors (Lipinski definition) is 0.